The van der Waals surface area contributed by atoms with Crippen LogP contribution in [0.5, 0.6) is 0 Å². The van der Waals surface area contributed by atoms with Crippen molar-refractivity contribution in [2.75, 3.05) is 5.73 Å². The van der Waals surface area contributed by atoms with E-state index in [4.69, 9.17) is 5.73 Å². The van der Waals surface area contributed by atoms with Crippen LogP contribution in [-0.4, -0.2) is 9.55 Å². The average Bonchev–Trinajstić information content (AvgIpc) is 2.23. The number of nitrogens with zero attached hydrogens (tertiary/aromatic N) is 2. The molecule has 88 valence electrons. The lowest BCUT2D eigenvalue weighted by atomic mass is 10.2. The van der Waals surface area contributed by atoms with Crippen LogP contribution < -0.4 is 17.0 Å². The zero-order chi connectivity index (χ0) is 12.1. The van der Waals surface area contributed by atoms with E-state index < -0.39 is 16.9 Å². The van der Waals surface area contributed by atoms with E-state index in [2.05, 4.69) is 10.2 Å². The fraction of sp³-hybridized carbons (Fsp3) is 0.556. The highest BCUT2D eigenvalue weighted by atomic mass is 16.3. The number of hydrogen-bond acceptors (Lipinski definition) is 5. The number of hydrogen-bond donors (Lipinski definition) is 2. The van der Waals surface area contributed by atoms with Gasteiger partial charge in [-0.2, -0.15) is 0 Å². The quantitative estimate of drug-likeness (QED) is 0.568. The molecule has 1 heterocycles. The molecule has 0 saturated heterocycles. The van der Waals surface area contributed by atoms with E-state index in [0.717, 1.165) is 17.4 Å². The zero-order valence-electron chi connectivity index (χ0n) is 9.02. The number of anilines is 1. The van der Waals surface area contributed by atoms with Gasteiger partial charge in [-0.15, -0.1) is 4.91 Å². The average molecular weight is 226 g/mol. The Hall–Kier alpha value is -1.92. The van der Waals surface area contributed by atoms with Gasteiger partial charge in [-0.3, -0.25) is 14.3 Å². The highest BCUT2D eigenvalue weighted by Gasteiger charge is 2.11. The molecule has 0 aliphatic heterocycles. The number of nitrogens with one attached hydrogen (secondary N) is 1. The van der Waals surface area contributed by atoms with Crippen molar-refractivity contribution in [1.82, 2.24) is 9.55 Å². The minimum Gasteiger partial charge on any atom is -0.383 e. The van der Waals surface area contributed by atoms with Crippen LogP contribution >= 0.6 is 0 Å². The van der Waals surface area contributed by atoms with Crippen LogP contribution in [0.1, 0.15) is 26.2 Å². The second kappa shape index (κ2) is 5.24. The van der Waals surface area contributed by atoms with Crippen LogP contribution in [0.4, 0.5) is 11.5 Å². The lowest BCUT2D eigenvalue weighted by molar-refractivity contribution is 0.565. The Morgan fingerprint density at radius 3 is 2.62 bits per heavy atom. The first-order valence-corrected chi connectivity index (χ1v) is 5.07. The van der Waals surface area contributed by atoms with Gasteiger partial charge in [0.1, 0.15) is 5.82 Å². The third-order valence-corrected chi connectivity index (χ3v) is 2.27. The van der Waals surface area contributed by atoms with Crippen LogP contribution in [0.3, 0.4) is 0 Å². The molecule has 1 aromatic heterocycles. The first kappa shape index (κ1) is 12.2. The summed E-state index contributed by atoms with van der Waals surface area (Å²) >= 11 is 0. The predicted molar refractivity (Wildman–Crippen MR) is 60.7 cm³/mol. The van der Waals surface area contributed by atoms with Gasteiger partial charge in [-0.1, -0.05) is 19.8 Å². The fourth-order valence-electron chi connectivity index (χ4n) is 1.39. The summed E-state index contributed by atoms with van der Waals surface area (Å²) in [6, 6.07) is 0. The molecule has 0 aliphatic rings. The normalized spacial score (nSPS) is 10.3. The Morgan fingerprint density at radius 2 is 2.06 bits per heavy atom. The highest BCUT2D eigenvalue weighted by molar-refractivity contribution is 5.54. The number of nitroso groups, excluding NO2 is 1. The van der Waals surface area contributed by atoms with Gasteiger partial charge in [0, 0.05) is 6.54 Å². The Bertz CT molecular complexity index is 489. The second-order valence-electron chi connectivity index (χ2n) is 3.45. The van der Waals surface area contributed by atoms with E-state index in [-0.39, 0.29) is 12.4 Å². The Kier molecular flexibility index (Phi) is 3.98. The van der Waals surface area contributed by atoms with Crippen LogP contribution in [0.15, 0.2) is 14.8 Å². The van der Waals surface area contributed by atoms with Crippen molar-refractivity contribution in [2.45, 2.75) is 32.7 Å². The molecule has 0 spiro atoms. The highest BCUT2D eigenvalue weighted by Crippen LogP contribution is 2.09. The van der Waals surface area contributed by atoms with Gasteiger partial charge in [-0.25, -0.2) is 4.79 Å². The number of aromatic amines is 1. The van der Waals surface area contributed by atoms with Gasteiger partial charge in [0.25, 0.3) is 5.56 Å². The van der Waals surface area contributed by atoms with Crippen LogP contribution in [0, 0.1) is 4.91 Å². The van der Waals surface area contributed by atoms with Crippen molar-refractivity contribution in [3.8, 4) is 0 Å². The van der Waals surface area contributed by atoms with Crippen LogP contribution in [-0.2, 0) is 6.54 Å². The number of rotatable bonds is 5. The van der Waals surface area contributed by atoms with Gasteiger partial charge in [0.15, 0.2) is 0 Å². The summed E-state index contributed by atoms with van der Waals surface area (Å²) in [5.41, 5.74) is 3.52. The van der Waals surface area contributed by atoms with Gasteiger partial charge in [-0.05, 0) is 11.6 Å². The Morgan fingerprint density at radius 1 is 1.38 bits per heavy atom. The first-order chi connectivity index (χ1) is 7.61. The van der Waals surface area contributed by atoms with Gasteiger partial charge in [0.05, 0.1) is 0 Å². The molecule has 16 heavy (non-hydrogen) atoms. The molecule has 7 heteroatoms. The molecule has 7 nitrogen and oxygen atoms in total. The third-order valence-electron chi connectivity index (χ3n) is 2.27. The van der Waals surface area contributed by atoms with E-state index in [1.165, 1.54) is 0 Å². The molecule has 0 aromatic carbocycles. The van der Waals surface area contributed by atoms with E-state index in [1.54, 1.807) is 0 Å². The lowest BCUT2D eigenvalue weighted by Crippen LogP contribution is -2.35. The number of H-pyrrole nitrogens is 1. The summed E-state index contributed by atoms with van der Waals surface area (Å²) in [7, 11) is 0. The summed E-state index contributed by atoms with van der Waals surface area (Å²) in [4.78, 5) is 35.6. The summed E-state index contributed by atoms with van der Waals surface area (Å²) in [6.45, 7) is 2.28. The maximum atomic E-state index is 11.6. The zero-order valence-corrected chi connectivity index (χ0v) is 9.02. The monoisotopic (exact) mass is 226 g/mol. The van der Waals surface area contributed by atoms with E-state index in [0.29, 0.717) is 6.42 Å². The molecular formula is C9H14N4O3. The van der Waals surface area contributed by atoms with Crippen molar-refractivity contribution in [1.29, 1.82) is 0 Å². The standard InChI is InChI=1S/C9H14N4O3/c1-2-3-4-5-13-8(14)6(12-16)7(10)11-9(13)15/h2-5,10H2,1H3,(H,11,15). The maximum absolute atomic E-state index is 11.6. The van der Waals surface area contributed by atoms with E-state index in [9.17, 15) is 14.5 Å². The van der Waals surface area contributed by atoms with E-state index >= 15 is 0 Å². The molecule has 3 N–H and O–H groups in total. The second-order valence-corrected chi connectivity index (χ2v) is 3.45. The minimum absolute atomic E-state index is 0.269. The topological polar surface area (TPSA) is 110 Å². The Balaban J connectivity index is 3.14. The number of nitrogens with two attached hydrogens (primary N) is 1. The van der Waals surface area contributed by atoms with Gasteiger partial charge < -0.3 is 5.73 Å². The molecule has 0 radical (unpaired) electrons. The Labute approximate surface area is 91.3 Å². The largest absolute Gasteiger partial charge is 0.383 e. The molecule has 0 amide bonds. The molecule has 0 atom stereocenters. The smallest absolute Gasteiger partial charge is 0.330 e. The van der Waals surface area contributed by atoms with Crippen molar-refractivity contribution in [3.05, 3.63) is 25.7 Å². The van der Waals surface area contributed by atoms with Crippen molar-refractivity contribution < 1.29 is 0 Å². The van der Waals surface area contributed by atoms with Gasteiger partial charge in [0.2, 0.25) is 5.69 Å². The summed E-state index contributed by atoms with van der Waals surface area (Å²) in [5.74, 6) is -0.281. The van der Waals surface area contributed by atoms with Crippen molar-refractivity contribution in [2.24, 2.45) is 5.18 Å². The third kappa shape index (κ3) is 2.36. The fourth-order valence-corrected chi connectivity index (χ4v) is 1.39. The summed E-state index contributed by atoms with van der Waals surface area (Å²) in [6.07, 6.45) is 2.57. The van der Waals surface area contributed by atoms with Crippen molar-refractivity contribution >= 4 is 11.5 Å². The molecule has 1 aromatic rings. The molecular weight excluding hydrogens is 212 g/mol. The number of nitrogen functional groups attached to an aromatic ring is 1. The number of unbranched alkanes of at least 4 members (excludes halogenated alkanes) is 2. The summed E-state index contributed by atoms with van der Waals surface area (Å²) < 4.78 is 0.947. The van der Waals surface area contributed by atoms with E-state index in [1.807, 2.05) is 6.92 Å². The maximum Gasteiger partial charge on any atom is 0.330 e. The van der Waals surface area contributed by atoms with Crippen molar-refractivity contribution in [3.63, 3.8) is 0 Å². The SMILES string of the molecule is CCCCCn1c(=O)[nH]c(N)c(N=O)c1=O. The lowest BCUT2D eigenvalue weighted by Gasteiger charge is -2.05. The molecule has 1 rings (SSSR count). The minimum atomic E-state index is -0.729. The van der Waals surface area contributed by atoms with Crippen LogP contribution in [0.25, 0.3) is 0 Å². The number of aromatic nitrogens is 2. The molecule has 0 fully saturated rings. The molecule has 0 unspecified atom stereocenters. The molecule has 0 saturated carbocycles. The first-order valence-electron chi connectivity index (χ1n) is 5.07. The molecule has 0 bridgehead atoms. The van der Waals surface area contributed by atoms with Crippen LogP contribution in [0.2, 0.25) is 0 Å². The molecule has 0 aliphatic carbocycles. The predicted octanol–water partition coefficient (Wildman–Crippen LogP) is 0.707. The summed E-state index contributed by atoms with van der Waals surface area (Å²) in [5, 5.41) is 2.52. The van der Waals surface area contributed by atoms with Gasteiger partial charge >= 0.3 is 5.69 Å².